The van der Waals surface area contributed by atoms with Gasteiger partial charge in [-0.15, -0.1) is 0 Å². The average molecular weight is 316 g/mol. The lowest BCUT2D eigenvalue weighted by atomic mass is 9.91. The lowest BCUT2D eigenvalue weighted by molar-refractivity contribution is 0.0112. The van der Waals surface area contributed by atoms with E-state index in [1.165, 1.54) is 0 Å². The molecular formula is C13H22BrN3O. The molecule has 1 aromatic rings. The minimum atomic E-state index is -0.508. The van der Waals surface area contributed by atoms with Crippen molar-refractivity contribution in [3.63, 3.8) is 0 Å². The molecule has 0 radical (unpaired) electrons. The third-order valence-electron chi connectivity index (χ3n) is 2.85. The Kier molecular flexibility index (Phi) is 4.38. The molecule has 1 rings (SSSR count). The minimum Gasteiger partial charge on any atom is -0.372 e. The molecule has 1 N–H and O–H groups in total. The fraction of sp³-hybridized carbons (Fsp3) is 0.692. The average Bonchev–Trinajstić information content (AvgIpc) is 2.27. The van der Waals surface area contributed by atoms with Gasteiger partial charge in [-0.25, -0.2) is 9.97 Å². The quantitative estimate of drug-likeness (QED) is 0.928. The molecule has 102 valence electrons. The van der Waals surface area contributed by atoms with E-state index < -0.39 is 5.60 Å². The van der Waals surface area contributed by atoms with Crippen molar-refractivity contribution < 1.29 is 4.74 Å². The predicted octanol–water partition coefficient (Wildman–Crippen LogP) is 3.46. The molecule has 0 fully saturated rings. The maximum atomic E-state index is 5.46. The molecule has 0 amide bonds. The Morgan fingerprint density at radius 2 is 1.67 bits per heavy atom. The molecule has 0 atom stereocenters. The van der Waals surface area contributed by atoms with E-state index >= 15 is 0 Å². The first kappa shape index (κ1) is 15.4. The van der Waals surface area contributed by atoms with Crippen molar-refractivity contribution in [2.75, 3.05) is 19.5 Å². The van der Waals surface area contributed by atoms with Gasteiger partial charge in [0, 0.05) is 19.6 Å². The van der Waals surface area contributed by atoms with E-state index in [9.17, 15) is 0 Å². The van der Waals surface area contributed by atoms with Gasteiger partial charge in [0.2, 0.25) is 0 Å². The first-order valence-corrected chi connectivity index (χ1v) is 6.74. The highest BCUT2D eigenvalue weighted by molar-refractivity contribution is 9.10. The van der Waals surface area contributed by atoms with E-state index in [-0.39, 0.29) is 5.41 Å². The molecule has 0 saturated heterocycles. The van der Waals surface area contributed by atoms with Gasteiger partial charge in [0.15, 0.2) is 5.82 Å². The Labute approximate surface area is 118 Å². The van der Waals surface area contributed by atoms with E-state index in [0.29, 0.717) is 5.82 Å². The summed E-state index contributed by atoms with van der Waals surface area (Å²) in [5.41, 5.74) is 0.403. The SMILES string of the molecule is CNc1nc(C(C)(C)OC)nc(C(C)(C)C)c1Br. The number of halogens is 1. The van der Waals surface area contributed by atoms with Crippen molar-refractivity contribution in [3.8, 4) is 0 Å². The summed E-state index contributed by atoms with van der Waals surface area (Å²) < 4.78 is 6.37. The smallest absolute Gasteiger partial charge is 0.162 e. The largest absolute Gasteiger partial charge is 0.372 e. The van der Waals surface area contributed by atoms with Gasteiger partial charge in [0.1, 0.15) is 11.4 Å². The molecule has 0 aromatic carbocycles. The Bertz CT molecular complexity index is 439. The Morgan fingerprint density at radius 1 is 1.11 bits per heavy atom. The molecule has 1 heterocycles. The van der Waals surface area contributed by atoms with E-state index in [2.05, 4.69) is 52.0 Å². The van der Waals surface area contributed by atoms with Crippen LogP contribution in [0.5, 0.6) is 0 Å². The second kappa shape index (κ2) is 5.13. The Morgan fingerprint density at radius 3 is 2.06 bits per heavy atom. The summed E-state index contributed by atoms with van der Waals surface area (Å²) in [4.78, 5) is 9.19. The molecule has 0 saturated carbocycles. The van der Waals surface area contributed by atoms with Gasteiger partial charge in [-0.3, -0.25) is 0 Å². The van der Waals surface area contributed by atoms with Crippen molar-refractivity contribution >= 4 is 21.7 Å². The van der Waals surface area contributed by atoms with E-state index in [4.69, 9.17) is 4.74 Å². The number of aromatic nitrogens is 2. The van der Waals surface area contributed by atoms with Crippen LogP contribution >= 0.6 is 15.9 Å². The van der Waals surface area contributed by atoms with Crippen molar-refractivity contribution in [2.45, 2.75) is 45.6 Å². The van der Waals surface area contributed by atoms with Crippen LogP contribution < -0.4 is 5.32 Å². The zero-order chi connectivity index (χ0) is 14.1. The molecule has 0 aliphatic carbocycles. The van der Waals surface area contributed by atoms with E-state index in [0.717, 1.165) is 16.0 Å². The number of anilines is 1. The van der Waals surface area contributed by atoms with E-state index in [1.54, 1.807) is 7.11 Å². The third kappa shape index (κ3) is 3.01. The summed E-state index contributed by atoms with van der Waals surface area (Å²) >= 11 is 3.57. The number of hydrogen-bond acceptors (Lipinski definition) is 4. The summed E-state index contributed by atoms with van der Waals surface area (Å²) in [6.07, 6.45) is 0. The summed E-state index contributed by atoms with van der Waals surface area (Å²) in [6, 6.07) is 0. The van der Waals surface area contributed by atoms with Crippen LogP contribution in [0.1, 0.15) is 46.1 Å². The molecule has 0 spiro atoms. The second-order valence-corrected chi connectivity index (χ2v) is 6.57. The van der Waals surface area contributed by atoms with Crippen LogP contribution in [0.4, 0.5) is 5.82 Å². The summed E-state index contributed by atoms with van der Waals surface area (Å²) in [5.74, 6) is 1.47. The van der Waals surface area contributed by atoms with Crippen LogP contribution in [-0.2, 0) is 15.8 Å². The fourth-order valence-corrected chi connectivity index (χ4v) is 2.44. The molecule has 4 nitrogen and oxygen atoms in total. The van der Waals surface area contributed by atoms with Crippen molar-refractivity contribution in [3.05, 3.63) is 16.0 Å². The fourth-order valence-electron chi connectivity index (χ4n) is 1.47. The molecule has 0 bridgehead atoms. The standard InChI is InChI=1S/C13H22BrN3O/c1-12(2,3)9-8(14)10(15-6)17-11(16-9)13(4,5)18-7/h1-7H3,(H,15,16,17). The highest BCUT2D eigenvalue weighted by Crippen LogP contribution is 2.34. The first-order valence-electron chi connectivity index (χ1n) is 5.95. The van der Waals surface area contributed by atoms with Crippen LogP contribution in [0.3, 0.4) is 0 Å². The number of ether oxygens (including phenoxy) is 1. The number of nitrogens with one attached hydrogen (secondary N) is 1. The van der Waals surface area contributed by atoms with Gasteiger partial charge in [-0.2, -0.15) is 0 Å². The van der Waals surface area contributed by atoms with Gasteiger partial charge in [0.25, 0.3) is 0 Å². The minimum absolute atomic E-state index is 0.0635. The zero-order valence-electron chi connectivity index (χ0n) is 12.2. The van der Waals surface area contributed by atoms with Crippen molar-refractivity contribution in [1.29, 1.82) is 0 Å². The van der Waals surface area contributed by atoms with Crippen LogP contribution in [0.15, 0.2) is 4.47 Å². The first-order chi connectivity index (χ1) is 8.13. The van der Waals surface area contributed by atoms with Crippen LogP contribution in [-0.4, -0.2) is 24.1 Å². The molecule has 0 aliphatic rings. The highest BCUT2D eigenvalue weighted by Gasteiger charge is 2.29. The molecule has 0 aliphatic heterocycles. The van der Waals surface area contributed by atoms with Crippen molar-refractivity contribution in [2.24, 2.45) is 0 Å². The molecule has 18 heavy (non-hydrogen) atoms. The topological polar surface area (TPSA) is 47.0 Å². The van der Waals surface area contributed by atoms with Gasteiger partial charge in [0.05, 0.1) is 10.2 Å². The van der Waals surface area contributed by atoms with Gasteiger partial charge >= 0.3 is 0 Å². The van der Waals surface area contributed by atoms with Gasteiger partial charge in [-0.1, -0.05) is 20.8 Å². The number of nitrogens with zero attached hydrogens (tertiary/aromatic N) is 2. The maximum Gasteiger partial charge on any atom is 0.162 e. The zero-order valence-corrected chi connectivity index (χ0v) is 13.8. The Hall–Kier alpha value is -0.680. The maximum absolute atomic E-state index is 5.46. The summed E-state index contributed by atoms with van der Waals surface area (Å²) in [5, 5.41) is 3.09. The molecule has 1 aromatic heterocycles. The van der Waals surface area contributed by atoms with Gasteiger partial charge < -0.3 is 10.1 Å². The number of rotatable bonds is 3. The number of methoxy groups -OCH3 is 1. The lowest BCUT2D eigenvalue weighted by Gasteiger charge is -2.26. The molecular weight excluding hydrogens is 294 g/mol. The predicted molar refractivity (Wildman–Crippen MR) is 78.0 cm³/mol. The van der Waals surface area contributed by atoms with Gasteiger partial charge in [-0.05, 0) is 29.8 Å². The Balaban J connectivity index is 3.50. The van der Waals surface area contributed by atoms with Crippen LogP contribution in [0.25, 0.3) is 0 Å². The summed E-state index contributed by atoms with van der Waals surface area (Å²) in [6.45, 7) is 10.3. The molecule has 5 heteroatoms. The second-order valence-electron chi connectivity index (χ2n) is 5.77. The van der Waals surface area contributed by atoms with E-state index in [1.807, 2.05) is 20.9 Å². The summed E-state index contributed by atoms with van der Waals surface area (Å²) in [7, 11) is 3.52. The molecule has 0 unspecified atom stereocenters. The highest BCUT2D eigenvalue weighted by atomic mass is 79.9. The third-order valence-corrected chi connectivity index (χ3v) is 3.60. The van der Waals surface area contributed by atoms with Crippen molar-refractivity contribution in [1.82, 2.24) is 9.97 Å². The normalized spacial score (nSPS) is 12.7. The monoisotopic (exact) mass is 315 g/mol. The lowest BCUT2D eigenvalue weighted by Crippen LogP contribution is -2.27. The van der Waals surface area contributed by atoms with Crippen LogP contribution in [0.2, 0.25) is 0 Å². The number of hydrogen-bond donors (Lipinski definition) is 1. The van der Waals surface area contributed by atoms with Crippen LogP contribution in [0, 0.1) is 0 Å².